The Bertz CT molecular complexity index is 1620. The summed E-state index contributed by atoms with van der Waals surface area (Å²) in [5, 5.41) is 23.8. The number of ether oxygens (including phenoxy) is 6. The van der Waals surface area contributed by atoms with Crippen molar-refractivity contribution >= 4 is 29.4 Å². The number of fused-ring (bicyclic) bond motifs is 3. The van der Waals surface area contributed by atoms with E-state index < -0.39 is 83.7 Å². The summed E-state index contributed by atoms with van der Waals surface area (Å²) in [5.41, 5.74) is 1.64. The third-order valence-electron chi connectivity index (χ3n) is 13.3. The summed E-state index contributed by atoms with van der Waals surface area (Å²) in [6, 6.07) is -1.15. The first-order valence-electron chi connectivity index (χ1n) is 22.8. The van der Waals surface area contributed by atoms with Crippen molar-refractivity contribution in [2.24, 2.45) is 29.6 Å². The van der Waals surface area contributed by atoms with Crippen molar-refractivity contribution in [2.75, 3.05) is 27.4 Å². The van der Waals surface area contributed by atoms with E-state index in [0.29, 0.717) is 50.5 Å². The minimum atomic E-state index is -2.52. The molecule has 62 heavy (non-hydrogen) atoms. The number of hydrogen-bond acceptors (Lipinski definition) is 13. The number of carbonyl (C=O) groups is 5. The Balaban J connectivity index is 1.70. The Hall–Kier alpha value is -3.27. The van der Waals surface area contributed by atoms with Crippen LogP contribution in [0, 0.1) is 29.6 Å². The van der Waals surface area contributed by atoms with Crippen LogP contribution in [0.3, 0.4) is 0 Å². The Kier molecular flexibility index (Phi) is 19.6. The van der Waals surface area contributed by atoms with E-state index in [-0.39, 0.29) is 62.2 Å². The number of aliphatic hydroxyl groups is 2. The van der Waals surface area contributed by atoms with E-state index in [2.05, 4.69) is 6.58 Å². The smallest absolute Gasteiger partial charge is 0.332 e. The molecule has 0 aromatic carbocycles. The van der Waals surface area contributed by atoms with Gasteiger partial charge in [-0.25, -0.2) is 9.59 Å². The average molecular weight is 874 g/mol. The molecular formula is C48H75NO13. The first-order valence-corrected chi connectivity index (χ1v) is 22.8. The van der Waals surface area contributed by atoms with Crippen molar-refractivity contribution in [3.63, 3.8) is 0 Å². The molecule has 1 saturated carbocycles. The molecule has 3 fully saturated rings. The summed E-state index contributed by atoms with van der Waals surface area (Å²) >= 11 is 0. The molecule has 3 aliphatic heterocycles. The summed E-state index contributed by atoms with van der Waals surface area (Å²) in [5.74, 6) is -8.08. The number of piperidine rings is 1. The van der Waals surface area contributed by atoms with Gasteiger partial charge in [0.05, 0.1) is 30.5 Å². The Labute approximate surface area is 369 Å². The van der Waals surface area contributed by atoms with Gasteiger partial charge in [0.1, 0.15) is 30.6 Å². The van der Waals surface area contributed by atoms with Crippen LogP contribution in [0.2, 0.25) is 0 Å². The molecule has 0 aromatic heterocycles. The third-order valence-corrected chi connectivity index (χ3v) is 13.3. The molecule has 14 heteroatoms. The van der Waals surface area contributed by atoms with Crippen molar-refractivity contribution in [2.45, 2.75) is 180 Å². The molecule has 0 unspecified atom stereocenters. The molecule has 2 N–H and O–H groups in total. The van der Waals surface area contributed by atoms with Crippen molar-refractivity contribution in [3.05, 3.63) is 36.0 Å². The number of allylic oxidation sites excluding steroid dienone is 4. The van der Waals surface area contributed by atoms with E-state index in [1.807, 2.05) is 32.9 Å². The number of rotatable bonds is 10. The van der Waals surface area contributed by atoms with E-state index in [9.17, 15) is 34.2 Å². The number of ketones is 2. The van der Waals surface area contributed by atoms with Crippen LogP contribution in [0.1, 0.15) is 126 Å². The van der Waals surface area contributed by atoms with Gasteiger partial charge in [-0.05, 0) is 116 Å². The number of Topliss-reactive ketones (excluding diaryl/α,β-unsaturated/α-hetero) is 2. The largest absolute Gasteiger partial charge is 0.461 e. The molecule has 3 heterocycles. The average Bonchev–Trinajstić information content (AvgIpc) is 3.23. The molecule has 1 amide bonds. The van der Waals surface area contributed by atoms with E-state index in [4.69, 9.17) is 28.4 Å². The summed E-state index contributed by atoms with van der Waals surface area (Å²) in [4.78, 5) is 70.2. The highest BCUT2D eigenvalue weighted by molar-refractivity contribution is 6.39. The van der Waals surface area contributed by atoms with Crippen molar-refractivity contribution in [1.82, 2.24) is 4.90 Å². The Morgan fingerprint density at radius 3 is 2.29 bits per heavy atom. The topological polar surface area (TPSA) is 184 Å². The van der Waals surface area contributed by atoms with Crippen LogP contribution in [0.4, 0.5) is 0 Å². The lowest BCUT2D eigenvalue weighted by Gasteiger charge is -2.47. The Morgan fingerprint density at radius 2 is 1.66 bits per heavy atom. The van der Waals surface area contributed by atoms with Gasteiger partial charge in [-0.2, -0.15) is 0 Å². The number of esters is 2. The highest BCUT2D eigenvalue weighted by Crippen LogP contribution is 2.39. The van der Waals surface area contributed by atoms with Crippen LogP contribution >= 0.6 is 0 Å². The van der Waals surface area contributed by atoms with Gasteiger partial charge < -0.3 is 43.5 Å². The van der Waals surface area contributed by atoms with Crippen LogP contribution < -0.4 is 0 Å². The zero-order valence-corrected chi connectivity index (χ0v) is 38.7. The van der Waals surface area contributed by atoms with Crippen LogP contribution in [0.5, 0.6) is 0 Å². The molecule has 11 atom stereocenters. The quantitative estimate of drug-likeness (QED) is 0.148. The first kappa shape index (κ1) is 51.4. The second-order valence-electron chi connectivity index (χ2n) is 18.7. The van der Waals surface area contributed by atoms with E-state index in [1.54, 1.807) is 33.8 Å². The Morgan fingerprint density at radius 1 is 1.00 bits per heavy atom. The zero-order chi connectivity index (χ0) is 45.9. The number of nitrogens with zero attached hydrogens (tertiary/aromatic N) is 1. The summed E-state index contributed by atoms with van der Waals surface area (Å²) in [6.07, 6.45) is 6.75. The van der Waals surface area contributed by atoms with Gasteiger partial charge >= 0.3 is 11.9 Å². The number of methoxy groups -OCH3 is 2. The van der Waals surface area contributed by atoms with E-state index in [1.165, 1.54) is 19.1 Å². The molecule has 4 rings (SSSR count). The summed E-state index contributed by atoms with van der Waals surface area (Å²) < 4.78 is 35.4. The molecule has 4 aliphatic rings. The van der Waals surface area contributed by atoms with Gasteiger partial charge in [0.25, 0.3) is 11.7 Å². The van der Waals surface area contributed by atoms with Gasteiger partial charge in [-0.3, -0.25) is 14.4 Å². The number of carbonyl (C=O) groups excluding carboxylic acids is 5. The van der Waals surface area contributed by atoms with Gasteiger partial charge in [0, 0.05) is 44.9 Å². The van der Waals surface area contributed by atoms with Gasteiger partial charge in [0.2, 0.25) is 5.79 Å². The molecule has 0 spiro atoms. The van der Waals surface area contributed by atoms with Gasteiger partial charge in [-0.1, -0.05) is 44.6 Å². The highest BCUT2D eigenvalue weighted by Gasteiger charge is 2.56. The van der Waals surface area contributed by atoms with E-state index >= 15 is 0 Å². The van der Waals surface area contributed by atoms with Gasteiger partial charge in [0.15, 0.2) is 0 Å². The maximum atomic E-state index is 14.4. The van der Waals surface area contributed by atoms with Crippen molar-refractivity contribution in [3.8, 4) is 0 Å². The standard InChI is InChI=1S/C48H75NO13/c1-11-14-35-22-29(4)21-30(5)23-40(57-9)44-41(58-10)25-32(7)48(56,62-44)45(53)46(54)49-20-13-12-15-37(49)47(55)61-43(33(8)38(50)26-39(35)51)31(6)24-34-16-18-36(19-17-34)59-27-42(52)60-28(2)3/h11,22,24,28,30,32-38,40-41,43-44,50,56H,1,12-21,23,25-27H2,2-10H3/b29-22+,31-24+/t30-,32+,33+,34-,35+,36-,37-,38-,40-,41-,43+,44+,48+/m0/s1. The first-order chi connectivity index (χ1) is 29.3. The molecule has 14 nitrogen and oxygen atoms in total. The maximum absolute atomic E-state index is 14.4. The maximum Gasteiger partial charge on any atom is 0.332 e. The fraction of sp³-hybridized carbons (Fsp3) is 0.771. The number of amides is 1. The van der Waals surface area contributed by atoms with Crippen molar-refractivity contribution in [1.29, 1.82) is 0 Å². The van der Waals surface area contributed by atoms with Crippen LogP contribution in [-0.2, 0) is 52.4 Å². The van der Waals surface area contributed by atoms with E-state index in [0.717, 1.165) is 18.4 Å². The number of cyclic esters (lactones) is 1. The predicted octanol–water partition coefficient (Wildman–Crippen LogP) is 5.99. The lowest BCUT2D eigenvalue weighted by molar-refractivity contribution is -0.302. The van der Waals surface area contributed by atoms with Gasteiger partial charge in [-0.15, -0.1) is 6.58 Å². The number of aliphatic hydroxyl groups excluding tert-OH is 1. The molecule has 2 bridgehead atoms. The second kappa shape index (κ2) is 23.6. The molecule has 2 saturated heterocycles. The third kappa shape index (κ3) is 13.4. The summed E-state index contributed by atoms with van der Waals surface area (Å²) in [6.45, 7) is 16.6. The molecule has 1 aliphatic carbocycles. The minimum Gasteiger partial charge on any atom is -0.461 e. The highest BCUT2D eigenvalue weighted by atomic mass is 16.7. The fourth-order valence-corrected chi connectivity index (χ4v) is 9.78. The van der Waals surface area contributed by atoms with Crippen LogP contribution in [0.15, 0.2) is 36.0 Å². The lowest BCUT2D eigenvalue weighted by Crippen LogP contribution is -2.64. The van der Waals surface area contributed by atoms with Crippen LogP contribution in [0.25, 0.3) is 0 Å². The minimum absolute atomic E-state index is 0.00479. The monoisotopic (exact) mass is 874 g/mol. The predicted molar refractivity (Wildman–Crippen MR) is 231 cm³/mol. The summed E-state index contributed by atoms with van der Waals surface area (Å²) in [7, 11) is 3.05. The molecule has 0 radical (unpaired) electrons. The lowest BCUT2D eigenvalue weighted by atomic mass is 9.82. The molecule has 0 aromatic rings. The number of hydrogen-bond donors (Lipinski definition) is 2. The normalized spacial score (nSPS) is 37.4. The molecule has 350 valence electrons. The SMILES string of the molecule is C=CC[C@@H]1/C=C(\C)C[C@H](C)C[C@H](OC)[C@H]2O[C@@](O)(C(=O)C(=O)N3CCCC[C@H]3C(=O)O[C@H](/C(C)=C/[C@H]3CC[C@H](OCC(=O)OC(C)C)CC3)[C@H](C)[C@@H](O)CC1=O)[C@H](C)C[C@@H]2OC. The fourth-order valence-electron chi connectivity index (χ4n) is 9.78. The second-order valence-corrected chi connectivity index (χ2v) is 18.7. The zero-order valence-electron chi connectivity index (χ0n) is 38.7. The van der Waals surface area contributed by atoms with Crippen molar-refractivity contribution < 1.29 is 62.6 Å². The van der Waals surface area contributed by atoms with Crippen LogP contribution in [-0.4, -0.2) is 126 Å². The molecular weight excluding hydrogens is 799 g/mol.